The van der Waals surface area contributed by atoms with E-state index in [2.05, 4.69) is 28.2 Å². The third kappa shape index (κ3) is 4.06. The number of rotatable bonds is 5. The van der Waals surface area contributed by atoms with E-state index in [9.17, 15) is 4.39 Å². The summed E-state index contributed by atoms with van der Waals surface area (Å²) in [7, 11) is 0. The van der Waals surface area contributed by atoms with Crippen molar-refractivity contribution in [3.05, 3.63) is 68.4 Å². The minimum absolute atomic E-state index is 0.0164. The van der Waals surface area contributed by atoms with Crippen LogP contribution < -0.4 is 5.32 Å². The molecule has 0 saturated heterocycles. The number of nitrogens with one attached hydrogen (secondary N) is 1. The van der Waals surface area contributed by atoms with Gasteiger partial charge in [0.25, 0.3) is 0 Å². The number of hydrogen-bond donors (Lipinski definition) is 1. The van der Waals surface area contributed by atoms with Crippen LogP contribution >= 0.6 is 27.5 Å². The zero-order chi connectivity index (χ0) is 15.4. The van der Waals surface area contributed by atoms with E-state index in [4.69, 9.17) is 11.6 Å². The van der Waals surface area contributed by atoms with Gasteiger partial charge in [-0.15, -0.1) is 0 Å². The smallest absolute Gasteiger partial charge is 0.126 e. The Kier molecular flexibility index (Phi) is 5.80. The molecule has 0 radical (unpaired) electrons. The fraction of sp³-hybridized carbons (Fsp3) is 0.294. The lowest BCUT2D eigenvalue weighted by Gasteiger charge is -2.22. The Hall–Kier alpha value is -0.900. The Morgan fingerprint density at radius 2 is 2.00 bits per heavy atom. The van der Waals surface area contributed by atoms with Gasteiger partial charge < -0.3 is 5.32 Å². The molecule has 0 aliphatic carbocycles. The second kappa shape index (κ2) is 7.39. The highest BCUT2D eigenvalue weighted by Gasteiger charge is 2.17. The van der Waals surface area contributed by atoms with E-state index in [1.165, 1.54) is 6.07 Å². The molecule has 4 heteroatoms. The van der Waals surface area contributed by atoms with Gasteiger partial charge in [0.15, 0.2) is 0 Å². The molecule has 1 atom stereocenters. The summed E-state index contributed by atoms with van der Waals surface area (Å²) in [6.07, 6.45) is 1.02. The lowest BCUT2D eigenvalue weighted by atomic mass is 9.97. The van der Waals surface area contributed by atoms with Crippen LogP contribution in [0.15, 0.2) is 40.9 Å². The van der Waals surface area contributed by atoms with Crippen LogP contribution in [0, 0.1) is 12.7 Å². The Balaban J connectivity index is 2.46. The molecule has 1 N–H and O–H groups in total. The van der Waals surface area contributed by atoms with Crippen LogP contribution in [0.5, 0.6) is 0 Å². The number of hydrogen-bond acceptors (Lipinski definition) is 1. The molecule has 0 saturated carbocycles. The highest BCUT2D eigenvalue weighted by molar-refractivity contribution is 9.10. The lowest BCUT2D eigenvalue weighted by molar-refractivity contribution is 0.589. The molecule has 1 nitrogen and oxygen atoms in total. The first-order valence-corrected chi connectivity index (χ1v) is 8.14. The molecule has 2 rings (SSSR count). The molecule has 1 unspecified atom stereocenters. The van der Waals surface area contributed by atoms with E-state index in [1.54, 1.807) is 6.92 Å². The average molecular weight is 371 g/mol. The largest absolute Gasteiger partial charge is 0.306 e. The maximum atomic E-state index is 13.5. The van der Waals surface area contributed by atoms with Gasteiger partial charge in [0.1, 0.15) is 5.82 Å². The molecule has 0 aliphatic rings. The van der Waals surface area contributed by atoms with Crippen molar-refractivity contribution in [2.75, 3.05) is 6.54 Å². The van der Waals surface area contributed by atoms with Crippen molar-refractivity contribution in [3.8, 4) is 0 Å². The number of benzene rings is 2. The summed E-state index contributed by atoms with van der Waals surface area (Å²) in [6, 6.07) is 10.9. The average Bonchev–Trinajstić information content (AvgIpc) is 2.46. The summed E-state index contributed by atoms with van der Waals surface area (Å²) in [4.78, 5) is 0. The SMILES string of the molecule is CCCNC(c1ccc(F)c(C)c1)c1cc(Cl)ccc1Br. The van der Waals surface area contributed by atoms with Gasteiger partial charge in [-0.3, -0.25) is 0 Å². The van der Waals surface area contributed by atoms with E-state index in [0.717, 1.165) is 28.6 Å². The summed E-state index contributed by atoms with van der Waals surface area (Å²) >= 11 is 9.71. The van der Waals surface area contributed by atoms with Gasteiger partial charge in [0.2, 0.25) is 0 Å². The monoisotopic (exact) mass is 369 g/mol. The molecule has 2 aromatic carbocycles. The molecule has 2 aromatic rings. The summed E-state index contributed by atoms with van der Waals surface area (Å²) in [5.74, 6) is -0.182. The molecule has 21 heavy (non-hydrogen) atoms. The maximum Gasteiger partial charge on any atom is 0.126 e. The van der Waals surface area contributed by atoms with Gasteiger partial charge >= 0.3 is 0 Å². The standard InChI is InChI=1S/C17H18BrClFN/c1-3-8-21-17(12-4-7-16(20)11(2)9-12)14-10-13(19)5-6-15(14)18/h4-7,9-10,17,21H,3,8H2,1-2H3. The van der Waals surface area contributed by atoms with Crippen molar-refractivity contribution in [3.63, 3.8) is 0 Å². The molecule has 0 aromatic heterocycles. The summed E-state index contributed by atoms with van der Waals surface area (Å²) in [5, 5.41) is 4.20. The molecule has 0 fully saturated rings. The van der Waals surface area contributed by atoms with Gasteiger partial charge in [0.05, 0.1) is 6.04 Å². The Morgan fingerprint density at radius 1 is 1.24 bits per heavy atom. The molecule has 0 amide bonds. The second-order valence-electron chi connectivity index (χ2n) is 5.06. The molecule has 0 spiro atoms. The highest BCUT2D eigenvalue weighted by Crippen LogP contribution is 2.31. The Labute approximate surface area is 138 Å². The molecule has 112 valence electrons. The van der Waals surface area contributed by atoms with Crippen LogP contribution in [0.3, 0.4) is 0 Å². The third-order valence-electron chi connectivity index (χ3n) is 3.38. The van der Waals surface area contributed by atoms with E-state index in [1.807, 2.05) is 30.3 Å². The normalized spacial score (nSPS) is 12.4. The quantitative estimate of drug-likeness (QED) is 0.718. The summed E-state index contributed by atoms with van der Waals surface area (Å²) < 4.78 is 14.5. The number of aryl methyl sites for hydroxylation is 1. The predicted octanol–water partition coefficient (Wildman–Crippen LogP) is 5.64. The van der Waals surface area contributed by atoms with Gasteiger partial charge in [0, 0.05) is 9.50 Å². The van der Waals surface area contributed by atoms with E-state index in [0.29, 0.717) is 10.6 Å². The van der Waals surface area contributed by atoms with Gasteiger partial charge in [-0.1, -0.05) is 46.6 Å². The van der Waals surface area contributed by atoms with Crippen molar-refractivity contribution < 1.29 is 4.39 Å². The Bertz CT molecular complexity index is 630. The summed E-state index contributed by atoms with van der Waals surface area (Å²) in [5.41, 5.74) is 2.74. The fourth-order valence-electron chi connectivity index (χ4n) is 2.28. The maximum absolute atomic E-state index is 13.5. The first kappa shape index (κ1) is 16.5. The van der Waals surface area contributed by atoms with Gasteiger partial charge in [-0.25, -0.2) is 4.39 Å². The van der Waals surface area contributed by atoms with Gasteiger partial charge in [-0.05, 0) is 60.8 Å². The van der Waals surface area contributed by atoms with Crippen LogP contribution in [0.4, 0.5) is 4.39 Å². The van der Waals surface area contributed by atoms with Crippen LogP contribution in [0.25, 0.3) is 0 Å². The molecule has 0 aliphatic heterocycles. The minimum atomic E-state index is -0.182. The lowest BCUT2D eigenvalue weighted by Crippen LogP contribution is -2.23. The topological polar surface area (TPSA) is 12.0 Å². The van der Waals surface area contributed by atoms with Crippen LogP contribution in [0.2, 0.25) is 5.02 Å². The second-order valence-corrected chi connectivity index (χ2v) is 6.35. The van der Waals surface area contributed by atoms with Crippen molar-refractivity contribution in [1.29, 1.82) is 0 Å². The van der Waals surface area contributed by atoms with E-state index in [-0.39, 0.29) is 11.9 Å². The Morgan fingerprint density at radius 3 is 2.67 bits per heavy atom. The molecular formula is C17H18BrClFN. The highest BCUT2D eigenvalue weighted by atomic mass is 79.9. The first-order chi connectivity index (χ1) is 10.0. The number of halogens is 3. The van der Waals surface area contributed by atoms with Crippen molar-refractivity contribution in [1.82, 2.24) is 5.32 Å². The van der Waals surface area contributed by atoms with Crippen molar-refractivity contribution in [2.24, 2.45) is 0 Å². The molecular weight excluding hydrogens is 353 g/mol. The minimum Gasteiger partial charge on any atom is -0.306 e. The zero-order valence-corrected chi connectivity index (χ0v) is 14.4. The molecule has 0 bridgehead atoms. The van der Waals surface area contributed by atoms with E-state index < -0.39 is 0 Å². The van der Waals surface area contributed by atoms with Crippen LogP contribution in [0.1, 0.15) is 36.1 Å². The first-order valence-electron chi connectivity index (χ1n) is 6.97. The van der Waals surface area contributed by atoms with Crippen LogP contribution in [-0.2, 0) is 0 Å². The van der Waals surface area contributed by atoms with E-state index >= 15 is 0 Å². The zero-order valence-electron chi connectivity index (χ0n) is 12.1. The molecule has 0 heterocycles. The predicted molar refractivity (Wildman–Crippen MR) is 90.4 cm³/mol. The van der Waals surface area contributed by atoms with Gasteiger partial charge in [-0.2, -0.15) is 0 Å². The van der Waals surface area contributed by atoms with Crippen molar-refractivity contribution in [2.45, 2.75) is 26.3 Å². The van der Waals surface area contributed by atoms with Crippen molar-refractivity contribution >= 4 is 27.5 Å². The summed E-state index contributed by atoms with van der Waals surface area (Å²) in [6.45, 7) is 4.77. The fourth-order valence-corrected chi connectivity index (χ4v) is 2.94. The third-order valence-corrected chi connectivity index (χ3v) is 4.34. The van der Waals surface area contributed by atoms with Crippen LogP contribution in [-0.4, -0.2) is 6.54 Å².